The number of benzene rings is 2. The molecule has 28 heavy (non-hydrogen) atoms. The van der Waals surface area contributed by atoms with Crippen molar-refractivity contribution in [3.63, 3.8) is 0 Å². The Bertz CT molecular complexity index is 897. The molecular weight excluding hydrogens is 374 g/mol. The van der Waals surface area contributed by atoms with Gasteiger partial charge in [0, 0.05) is 22.4 Å². The Balaban J connectivity index is 1.42. The molecule has 2 aliphatic rings. The van der Waals surface area contributed by atoms with Crippen LogP contribution in [0, 0.1) is 5.92 Å². The molecule has 0 unspecified atom stereocenters. The van der Waals surface area contributed by atoms with E-state index >= 15 is 0 Å². The number of piperidine rings is 1. The van der Waals surface area contributed by atoms with Gasteiger partial charge in [-0.15, -0.1) is 0 Å². The van der Waals surface area contributed by atoms with E-state index in [2.05, 4.69) is 17.6 Å². The number of nitrogens with one attached hydrogen (secondary N) is 2. The van der Waals surface area contributed by atoms with Crippen LogP contribution in [0.4, 0.5) is 11.4 Å². The Morgan fingerprint density at radius 2 is 2.04 bits per heavy atom. The number of amides is 2. The molecule has 0 spiro atoms. The van der Waals surface area contributed by atoms with Crippen molar-refractivity contribution < 1.29 is 9.59 Å². The summed E-state index contributed by atoms with van der Waals surface area (Å²) in [6.07, 6.45) is 2.35. The van der Waals surface area contributed by atoms with Crippen LogP contribution in [0.25, 0.3) is 0 Å². The Kier molecular flexibility index (Phi) is 5.38. The fourth-order valence-electron chi connectivity index (χ4n) is 4.02. The van der Waals surface area contributed by atoms with E-state index in [9.17, 15) is 9.59 Å². The number of rotatable bonds is 4. The van der Waals surface area contributed by atoms with Crippen LogP contribution in [0.5, 0.6) is 0 Å². The molecule has 146 valence electrons. The highest BCUT2D eigenvalue weighted by molar-refractivity contribution is 6.31. The molecule has 6 heteroatoms. The van der Waals surface area contributed by atoms with Gasteiger partial charge in [-0.2, -0.15) is 0 Å². The number of hydrogen-bond acceptors (Lipinski definition) is 3. The van der Waals surface area contributed by atoms with Crippen LogP contribution in [0.15, 0.2) is 42.5 Å². The van der Waals surface area contributed by atoms with Crippen LogP contribution >= 0.6 is 11.6 Å². The number of carbonyl (C=O) groups excluding carboxylic acids is 2. The molecule has 2 atom stereocenters. The third-order valence-electron chi connectivity index (χ3n) is 5.64. The fraction of sp³-hybridized carbons (Fsp3) is 0.364. The first kappa shape index (κ1) is 19.0. The van der Waals surface area contributed by atoms with Gasteiger partial charge in [-0.1, -0.05) is 29.8 Å². The summed E-state index contributed by atoms with van der Waals surface area (Å²) >= 11 is 6.10. The minimum atomic E-state index is -0.00287. The number of anilines is 2. The van der Waals surface area contributed by atoms with Crippen LogP contribution in [-0.2, 0) is 22.6 Å². The van der Waals surface area contributed by atoms with Crippen LogP contribution in [0.1, 0.15) is 30.9 Å². The molecule has 2 aliphatic heterocycles. The molecule has 4 rings (SSSR count). The molecule has 2 aromatic rings. The summed E-state index contributed by atoms with van der Waals surface area (Å²) in [5, 5.41) is 7.00. The number of halogens is 1. The van der Waals surface area contributed by atoms with Crippen molar-refractivity contribution in [1.29, 1.82) is 0 Å². The monoisotopic (exact) mass is 397 g/mol. The van der Waals surface area contributed by atoms with Gasteiger partial charge in [-0.25, -0.2) is 0 Å². The van der Waals surface area contributed by atoms with Gasteiger partial charge in [-0.05, 0) is 61.7 Å². The molecule has 0 bridgehead atoms. The van der Waals surface area contributed by atoms with Crippen molar-refractivity contribution in [2.75, 3.05) is 16.8 Å². The van der Waals surface area contributed by atoms with E-state index in [4.69, 9.17) is 11.6 Å². The molecule has 0 aromatic heterocycles. The maximum Gasteiger partial charge on any atom is 0.231 e. The fourth-order valence-corrected chi connectivity index (χ4v) is 4.18. The van der Waals surface area contributed by atoms with Gasteiger partial charge in [0.05, 0.1) is 18.9 Å². The van der Waals surface area contributed by atoms with Crippen molar-refractivity contribution in [1.82, 2.24) is 5.32 Å². The first-order chi connectivity index (χ1) is 13.5. The molecule has 1 fully saturated rings. The Morgan fingerprint density at radius 3 is 2.79 bits per heavy atom. The predicted molar refractivity (Wildman–Crippen MR) is 112 cm³/mol. The van der Waals surface area contributed by atoms with E-state index in [0.717, 1.165) is 41.9 Å². The quantitative estimate of drug-likeness (QED) is 0.825. The Labute approximate surface area is 170 Å². The average Bonchev–Trinajstić information content (AvgIpc) is 2.98. The van der Waals surface area contributed by atoms with E-state index in [0.29, 0.717) is 18.0 Å². The number of fused-ring (bicyclic) bond motifs is 1. The maximum atomic E-state index is 12.5. The van der Waals surface area contributed by atoms with Gasteiger partial charge in [0.25, 0.3) is 0 Å². The molecule has 2 amide bonds. The predicted octanol–water partition coefficient (Wildman–Crippen LogP) is 3.76. The van der Waals surface area contributed by atoms with Gasteiger partial charge in [-0.3, -0.25) is 9.59 Å². The van der Waals surface area contributed by atoms with Crippen molar-refractivity contribution in [3.8, 4) is 0 Å². The third-order valence-corrected chi connectivity index (χ3v) is 5.88. The maximum absolute atomic E-state index is 12.5. The second-order valence-electron chi connectivity index (χ2n) is 7.61. The molecular formula is C22H24ClN3O2. The summed E-state index contributed by atoms with van der Waals surface area (Å²) < 4.78 is 0. The highest BCUT2D eigenvalue weighted by Gasteiger charge is 2.28. The van der Waals surface area contributed by atoms with Crippen LogP contribution < -0.4 is 15.5 Å². The summed E-state index contributed by atoms with van der Waals surface area (Å²) in [6.45, 7) is 3.52. The van der Waals surface area contributed by atoms with Crippen LogP contribution in [0.2, 0.25) is 5.02 Å². The molecule has 0 saturated carbocycles. The summed E-state index contributed by atoms with van der Waals surface area (Å²) in [6, 6.07) is 13.5. The van der Waals surface area contributed by atoms with E-state index in [-0.39, 0.29) is 23.8 Å². The van der Waals surface area contributed by atoms with E-state index < -0.39 is 0 Å². The number of hydrogen-bond donors (Lipinski definition) is 2. The summed E-state index contributed by atoms with van der Waals surface area (Å²) in [5.74, 6) is 0.135. The van der Waals surface area contributed by atoms with Gasteiger partial charge >= 0.3 is 0 Å². The molecule has 0 aliphatic carbocycles. The zero-order chi connectivity index (χ0) is 19.7. The first-order valence-corrected chi connectivity index (χ1v) is 10.1. The Hall–Kier alpha value is -2.37. The lowest BCUT2D eigenvalue weighted by Crippen LogP contribution is -2.44. The minimum absolute atomic E-state index is 0.00287. The molecule has 1 saturated heterocycles. The van der Waals surface area contributed by atoms with Gasteiger partial charge < -0.3 is 15.5 Å². The average molecular weight is 398 g/mol. The SMILES string of the molecule is C[C@H]1NCCC[C@H]1C(=O)Nc1ccc(CN2C(=O)Cc3ccc(Cl)cc32)cc1. The van der Waals surface area contributed by atoms with Gasteiger partial charge in [0.15, 0.2) is 0 Å². The lowest BCUT2D eigenvalue weighted by Gasteiger charge is -2.28. The second-order valence-corrected chi connectivity index (χ2v) is 8.04. The van der Waals surface area contributed by atoms with Crippen LogP contribution in [-0.4, -0.2) is 24.4 Å². The summed E-state index contributed by atoms with van der Waals surface area (Å²) in [7, 11) is 0. The number of nitrogens with zero attached hydrogens (tertiary/aromatic N) is 1. The van der Waals surface area contributed by atoms with E-state index in [1.54, 1.807) is 4.90 Å². The molecule has 2 heterocycles. The first-order valence-electron chi connectivity index (χ1n) is 9.73. The lowest BCUT2D eigenvalue weighted by atomic mass is 9.91. The second kappa shape index (κ2) is 7.94. The zero-order valence-electron chi connectivity index (χ0n) is 15.9. The highest BCUT2D eigenvalue weighted by atomic mass is 35.5. The highest BCUT2D eigenvalue weighted by Crippen LogP contribution is 2.32. The zero-order valence-corrected chi connectivity index (χ0v) is 16.6. The Morgan fingerprint density at radius 1 is 1.25 bits per heavy atom. The minimum Gasteiger partial charge on any atom is -0.326 e. The summed E-state index contributed by atoms with van der Waals surface area (Å²) in [4.78, 5) is 26.7. The topological polar surface area (TPSA) is 61.4 Å². The molecule has 2 N–H and O–H groups in total. The van der Waals surface area contributed by atoms with Gasteiger partial charge in [0.1, 0.15) is 0 Å². The summed E-state index contributed by atoms with van der Waals surface area (Å²) in [5.41, 5.74) is 3.68. The normalized spacial score (nSPS) is 21.5. The van der Waals surface area contributed by atoms with E-state index in [1.807, 2.05) is 42.5 Å². The molecule has 5 nitrogen and oxygen atoms in total. The van der Waals surface area contributed by atoms with Gasteiger partial charge in [0.2, 0.25) is 11.8 Å². The van der Waals surface area contributed by atoms with Crippen molar-refractivity contribution in [3.05, 3.63) is 58.6 Å². The molecule has 2 aromatic carbocycles. The van der Waals surface area contributed by atoms with Crippen molar-refractivity contribution >= 4 is 34.8 Å². The van der Waals surface area contributed by atoms with Crippen molar-refractivity contribution in [2.24, 2.45) is 5.92 Å². The largest absolute Gasteiger partial charge is 0.326 e. The molecule has 0 radical (unpaired) electrons. The standard InChI is InChI=1S/C22H24ClN3O2/c1-14-19(3-2-10-24-14)22(28)25-18-8-4-15(5-9-18)13-26-20-12-17(23)7-6-16(20)11-21(26)27/h4-9,12,14,19,24H,2-3,10-11,13H2,1H3,(H,25,28)/t14-,19-/m1/s1. The van der Waals surface area contributed by atoms with Crippen molar-refractivity contribution in [2.45, 2.75) is 38.8 Å². The smallest absolute Gasteiger partial charge is 0.231 e. The third kappa shape index (κ3) is 3.91. The number of carbonyl (C=O) groups is 2. The lowest BCUT2D eigenvalue weighted by molar-refractivity contribution is -0.121. The van der Waals surface area contributed by atoms with E-state index in [1.165, 1.54) is 0 Å². The van der Waals surface area contributed by atoms with Crippen LogP contribution in [0.3, 0.4) is 0 Å².